The van der Waals surface area contributed by atoms with Crippen molar-refractivity contribution in [3.63, 3.8) is 0 Å². The molecular weight excluding hydrogens is 172 g/mol. The van der Waals surface area contributed by atoms with Gasteiger partial charge in [-0.3, -0.25) is 0 Å². The van der Waals surface area contributed by atoms with E-state index in [9.17, 15) is 0 Å². The van der Waals surface area contributed by atoms with Crippen molar-refractivity contribution < 1.29 is 4.57 Å². The number of imidazole rings is 1. The summed E-state index contributed by atoms with van der Waals surface area (Å²) in [6.45, 7) is 1.12. The summed E-state index contributed by atoms with van der Waals surface area (Å²) in [6, 6.07) is 0. The first kappa shape index (κ1) is 8.11. The molecule has 3 heteroatoms. The average Bonchev–Trinajstić information content (AvgIpc) is 2.78. The van der Waals surface area contributed by atoms with Crippen LogP contribution in [0.1, 0.15) is 19.3 Å². The fourth-order valence-electron chi connectivity index (χ4n) is 1.40. The first-order valence-corrected chi connectivity index (χ1v) is 4.84. The Labute approximate surface area is 77.8 Å². The van der Waals surface area contributed by atoms with Gasteiger partial charge in [-0.15, -0.1) is 0 Å². The minimum Gasteiger partial charge on any atom is -0.235 e. The molecule has 0 N–H and O–H groups in total. The second-order valence-corrected chi connectivity index (χ2v) is 4.04. The molecule has 1 aliphatic carbocycles. The maximum absolute atomic E-state index is 5.90. The van der Waals surface area contributed by atoms with Crippen LogP contribution in [-0.2, 0) is 13.6 Å². The Hall–Kier alpha value is -0.500. The molecule has 1 aliphatic rings. The van der Waals surface area contributed by atoms with E-state index >= 15 is 0 Å². The third-order valence-electron chi connectivity index (χ3n) is 2.42. The molecule has 0 saturated heterocycles. The summed E-state index contributed by atoms with van der Waals surface area (Å²) >= 11 is 5.90. The summed E-state index contributed by atoms with van der Waals surface area (Å²) in [5.74, 6) is 0.997. The first-order valence-electron chi connectivity index (χ1n) is 4.46. The summed E-state index contributed by atoms with van der Waals surface area (Å²) in [7, 11) is 1.97. The molecule has 1 saturated carbocycles. The van der Waals surface area contributed by atoms with Crippen molar-refractivity contribution in [1.29, 1.82) is 0 Å². The Morgan fingerprint density at radius 1 is 1.67 bits per heavy atom. The van der Waals surface area contributed by atoms with Gasteiger partial charge in [0, 0.05) is 0 Å². The first-order chi connectivity index (χ1) is 5.75. The van der Waals surface area contributed by atoms with Crippen molar-refractivity contribution in [2.24, 2.45) is 13.0 Å². The van der Waals surface area contributed by atoms with E-state index in [2.05, 4.69) is 4.57 Å². The zero-order valence-corrected chi connectivity index (χ0v) is 8.09. The van der Waals surface area contributed by atoms with Gasteiger partial charge in [-0.25, -0.2) is 9.13 Å². The number of rotatable bonds is 3. The Morgan fingerprint density at radius 3 is 2.92 bits per heavy atom. The third-order valence-corrected chi connectivity index (χ3v) is 2.79. The van der Waals surface area contributed by atoms with Gasteiger partial charge in [0.15, 0.2) is 0 Å². The van der Waals surface area contributed by atoms with Crippen molar-refractivity contribution in [2.75, 3.05) is 0 Å². The Morgan fingerprint density at radius 2 is 2.42 bits per heavy atom. The molecule has 0 atom stereocenters. The second kappa shape index (κ2) is 3.09. The Kier molecular flexibility index (Phi) is 2.09. The largest absolute Gasteiger partial charge is 0.244 e. The lowest BCUT2D eigenvalue weighted by atomic mass is 10.3. The van der Waals surface area contributed by atoms with E-state index < -0.39 is 0 Å². The van der Waals surface area contributed by atoms with Crippen molar-refractivity contribution in [1.82, 2.24) is 4.57 Å². The lowest BCUT2D eigenvalue weighted by Gasteiger charge is -1.92. The molecule has 1 heterocycles. The molecule has 0 unspecified atom stereocenters. The molecular formula is C9H14ClN2+. The van der Waals surface area contributed by atoms with E-state index in [4.69, 9.17) is 11.6 Å². The molecule has 0 aromatic carbocycles. The van der Waals surface area contributed by atoms with E-state index in [1.54, 1.807) is 0 Å². The number of nitrogens with zero attached hydrogens (tertiary/aromatic N) is 2. The van der Waals surface area contributed by atoms with Crippen molar-refractivity contribution in [2.45, 2.75) is 25.8 Å². The molecule has 1 aromatic heterocycles. The summed E-state index contributed by atoms with van der Waals surface area (Å²) in [4.78, 5) is 0. The maximum atomic E-state index is 5.90. The van der Waals surface area contributed by atoms with Gasteiger partial charge in [-0.05, 0) is 23.9 Å². The second-order valence-electron chi connectivity index (χ2n) is 3.65. The molecule has 66 valence electrons. The lowest BCUT2D eigenvalue weighted by Crippen LogP contribution is -2.31. The molecule has 0 bridgehead atoms. The van der Waals surface area contributed by atoms with Crippen molar-refractivity contribution in [3.05, 3.63) is 17.7 Å². The molecule has 12 heavy (non-hydrogen) atoms. The molecule has 2 nitrogen and oxygen atoms in total. The van der Waals surface area contributed by atoms with Gasteiger partial charge in [0.25, 0.3) is 0 Å². The quantitative estimate of drug-likeness (QED) is 0.635. The van der Waals surface area contributed by atoms with Gasteiger partial charge in [-0.1, -0.05) is 12.8 Å². The number of aromatic nitrogens is 2. The van der Waals surface area contributed by atoms with Crippen LogP contribution in [-0.4, -0.2) is 4.57 Å². The standard InChI is InChI=1S/C9H14ClN2/c1-11-7-12(6-9(11)10)5-4-8-2-3-8/h6-8H,2-5H2,1H3/q+1. The van der Waals surface area contributed by atoms with Crippen molar-refractivity contribution in [3.8, 4) is 0 Å². The fraction of sp³-hybridized carbons (Fsp3) is 0.667. The molecule has 1 aromatic rings. The van der Waals surface area contributed by atoms with Gasteiger partial charge in [-0.2, -0.15) is 0 Å². The third kappa shape index (κ3) is 1.81. The summed E-state index contributed by atoms with van der Waals surface area (Å²) in [5.41, 5.74) is 0. The summed E-state index contributed by atoms with van der Waals surface area (Å²) in [6.07, 6.45) is 8.21. The molecule has 0 radical (unpaired) electrons. The van der Waals surface area contributed by atoms with E-state index in [0.717, 1.165) is 17.6 Å². The van der Waals surface area contributed by atoms with Crippen LogP contribution < -0.4 is 4.57 Å². The smallest absolute Gasteiger partial charge is 0.235 e. The number of hydrogen-bond donors (Lipinski definition) is 0. The molecule has 2 rings (SSSR count). The Bertz CT molecular complexity index is 257. The lowest BCUT2D eigenvalue weighted by molar-refractivity contribution is -0.697. The summed E-state index contributed by atoms with van der Waals surface area (Å²) < 4.78 is 4.11. The number of halogens is 1. The van der Waals surface area contributed by atoms with Crippen LogP contribution >= 0.6 is 11.6 Å². The number of hydrogen-bond acceptors (Lipinski definition) is 0. The van der Waals surface area contributed by atoms with Crippen LogP contribution in [0.5, 0.6) is 0 Å². The highest BCUT2D eigenvalue weighted by atomic mass is 35.5. The van der Waals surface area contributed by atoms with Gasteiger partial charge >= 0.3 is 0 Å². The van der Waals surface area contributed by atoms with Gasteiger partial charge in [0.1, 0.15) is 6.20 Å². The average molecular weight is 186 g/mol. The predicted octanol–water partition coefficient (Wildman–Crippen LogP) is 1.77. The van der Waals surface area contributed by atoms with E-state index in [1.807, 2.05) is 24.1 Å². The van der Waals surface area contributed by atoms with Crippen LogP contribution in [0.2, 0.25) is 5.15 Å². The highest BCUT2D eigenvalue weighted by Crippen LogP contribution is 2.32. The monoisotopic (exact) mass is 185 g/mol. The SMILES string of the molecule is Cn1c[n+](CCC2CC2)cc1Cl. The normalized spacial score (nSPS) is 16.8. The molecule has 0 aliphatic heterocycles. The maximum Gasteiger partial charge on any atom is 0.244 e. The summed E-state index contributed by atoms with van der Waals surface area (Å²) in [5, 5.41) is 0.811. The van der Waals surface area contributed by atoms with Gasteiger partial charge in [0.2, 0.25) is 11.5 Å². The van der Waals surface area contributed by atoms with Gasteiger partial charge in [0.05, 0.1) is 13.6 Å². The zero-order valence-electron chi connectivity index (χ0n) is 7.33. The number of aryl methyl sites for hydroxylation is 2. The van der Waals surface area contributed by atoms with E-state index in [1.165, 1.54) is 19.3 Å². The highest BCUT2D eigenvalue weighted by molar-refractivity contribution is 6.29. The molecule has 0 spiro atoms. The van der Waals surface area contributed by atoms with Crippen LogP contribution in [0.25, 0.3) is 0 Å². The van der Waals surface area contributed by atoms with Crippen LogP contribution in [0, 0.1) is 5.92 Å². The van der Waals surface area contributed by atoms with Crippen molar-refractivity contribution >= 4 is 11.6 Å². The minimum atomic E-state index is 0.811. The molecule has 1 fully saturated rings. The zero-order chi connectivity index (χ0) is 8.55. The predicted molar refractivity (Wildman–Crippen MR) is 48.0 cm³/mol. The topological polar surface area (TPSA) is 8.81 Å². The highest BCUT2D eigenvalue weighted by Gasteiger charge is 2.22. The van der Waals surface area contributed by atoms with E-state index in [-0.39, 0.29) is 0 Å². The van der Waals surface area contributed by atoms with Crippen LogP contribution in [0.3, 0.4) is 0 Å². The van der Waals surface area contributed by atoms with E-state index in [0.29, 0.717) is 0 Å². The molecule has 0 amide bonds. The van der Waals surface area contributed by atoms with Crippen LogP contribution in [0.4, 0.5) is 0 Å². The van der Waals surface area contributed by atoms with Crippen LogP contribution in [0.15, 0.2) is 12.5 Å². The minimum absolute atomic E-state index is 0.811. The Balaban J connectivity index is 1.93. The van der Waals surface area contributed by atoms with Gasteiger partial charge < -0.3 is 0 Å². The fourth-order valence-corrected chi connectivity index (χ4v) is 1.57.